The van der Waals surface area contributed by atoms with Crippen LogP contribution < -0.4 is 15.5 Å². The highest BCUT2D eigenvalue weighted by Gasteiger charge is 2.11. The van der Waals surface area contributed by atoms with E-state index in [2.05, 4.69) is 31.8 Å². The molecular formula is C21H15BrClN3O2S. The van der Waals surface area contributed by atoms with Crippen LogP contribution in [0.15, 0.2) is 82.4 Å². The van der Waals surface area contributed by atoms with Crippen LogP contribution in [0, 0.1) is 0 Å². The molecule has 0 saturated heterocycles. The van der Waals surface area contributed by atoms with Crippen LogP contribution in [0.5, 0.6) is 5.75 Å². The average molecular weight is 489 g/mol. The molecule has 0 heterocycles. The molecule has 0 atom stereocenters. The van der Waals surface area contributed by atoms with Crippen LogP contribution in [-0.2, 0) is 0 Å². The topological polar surface area (TPSA) is 62.7 Å². The fourth-order valence-corrected chi connectivity index (χ4v) is 3.11. The standard InChI is InChI=1S/C21H15BrClN3O2S/c22-19-7-2-1-6-18(19)20(27)28-17-10-8-14(9-11-17)13-24-26-21(29)25-16-5-3-4-15(23)12-16/h1-13H,(H2,25,26,29). The second-order valence-corrected chi connectivity index (χ2v) is 7.47. The molecule has 0 aromatic heterocycles. The molecule has 3 rings (SSSR count). The molecule has 3 aromatic carbocycles. The number of rotatable bonds is 5. The van der Waals surface area contributed by atoms with Gasteiger partial charge in [-0.15, -0.1) is 0 Å². The number of carbonyl (C=O) groups excluding carboxylic acids is 1. The lowest BCUT2D eigenvalue weighted by atomic mass is 10.2. The molecule has 0 fully saturated rings. The lowest BCUT2D eigenvalue weighted by Crippen LogP contribution is -2.23. The SMILES string of the molecule is O=C(Oc1ccc(C=NNC(=S)Nc2cccc(Cl)c2)cc1)c1ccccc1Br. The summed E-state index contributed by atoms with van der Waals surface area (Å²) >= 11 is 14.5. The number of nitrogens with one attached hydrogen (secondary N) is 2. The third kappa shape index (κ3) is 6.39. The Labute approximate surface area is 186 Å². The zero-order valence-corrected chi connectivity index (χ0v) is 18.1. The van der Waals surface area contributed by atoms with Crippen LogP contribution in [0.3, 0.4) is 0 Å². The highest BCUT2D eigenvalue weighted by molar-refractivity contribution is 9.10. The summed E-state index contributed by atoms with van der Waals surface area (Å²) in [5, 5.41) is 8.01. The van der Waals surface area contributed by atoms with Crippen molar-refractivity contribution in [1.29, 1.82) is 0 Å². The number of esters is 1. The lowest BCUT2D eigenvalue weighted by molar-refractivity contribution is 0.0734. The smallest absolute Gasteiger partial charge is 0.344 e. The van der Waals surface area contributed by atoms with E-state index in [0.29, 0.717) is 25.9 Å². The minimum absolute atomic E-state index is 0.336. The first-order chi connectivity index (χ1) is 14.0. The van der Waals surface area contributed by atoms with Crippen LogP contribution in [0.4, 0.5) is 5.69 Å². The zero-order valence-electron chi connectivity index (χ0n) is 14.9. The van der Waals surface area contributed by atoms with Crippen LogP contribution in [0.25, 0.3) is 0 Å². The van der Waals surface area contributed by atoms with Crippen molar-refractivity contribution in [3.63, 3.8) is 0 Å². The average Bonchev–Trinajstić information content (AvgIpc) is 2.69. The Morgan fingerprint density at radius 1 is 1.07 bits per heavy atom. The van der Waals surface area contributed by atoms with Crippen molar-refractivity contribution in [3.8, 4) is 5.75 Å². The van der Waals surface area contributed by atoms with Gasteiger partial charge >= 0.3 is 5.97 Å². The number of benzene rings is 3. The van der Waals surface area contributed by atoms with E-state index in [9.17, 15) is 4.79 Å². The third-order valence-corrected chi connectivity index (χ3v) is 4.77. The van der Waals surface area contributed by atoms with E-state index in [1.54, 1.807) is 60.8 Å². The molecule has 146 valence electrons. The molecule has 5 nitrogen and oxygen atoms in total. The lowest BCUT2D eigenvalue weighted by Gasteiger charge is -2.07. The van der Waals surface area contributed by atoms with Gasteiger partial charge in [0.1, 0.15) is 5.75 Å². The number of ether oxygens (including phenoxy) is 1. The predicted octanol–water partition coefficient (Wildman–Crippen LogP) is 5.64. The van der Waals surface area contributed by atoms with Crippen molar-refractivity contribution in [1.82, 2.24) is 5.43 Å². The van der Waals surface area contributed by atoms with Crippen LogP contribution >= 0.6 is 39.7 Å². The van der Waals surface area contributed by atoms with E-state index in [1.807, 2.05) is 18.2 Å². The molecule has 0 bridgehead atoms. The second-order valence-electron chi connectivity index (χ2n) is 5.77. The zero-order chi connectivity index (χ0) is 20.6. The first-order valence-corrected chi connectivity index (χ1v) is 10.0. The molecule has 0 aliphatic carbocycles. The number of hydrogen-bond acceptors (Lipinski definition) is 4. The Morgan fingerprint density at radius 3 is 2.55 bits per heavy atom. The molecule has 0 spiro atoms. The molecule has 29 heavy (non-hydrogen) atoms. The number of hydrogen-bond donors (Lipinski definition) is 2. The molecule has 3 aromatic rings. The van der Waals surface area contributed by atoms with Gasteiger partial charge in [-0.2, -0.15) is 5.10 Å². The minimum Gasteiger partial charge on any atom is -0.423 e. The van der Waals surface area contributed by atoms with Gasteiger partial charge in [-0.05, 0) is 88.3 Å². The van der Waals surface area contributed by atoms with E-state index in [-0.39, 0.29) is 0 Å². The molecule has 0 amide bonds. The number of nitrogens with zero attached hydrogens (tertiary/aromatic N) is 1. The van der Waals surface area contributed by atoms with Crippen molar-refractivity contribution in [2.45, 2.75) is 0 Å². The fourth-order valence-electron chi connectivity index (χ4n) is 2.30. The van der Waals surface area contributed by atoms with E-state index in [0.717, 1.165) is 11.3 Å². The Kier molecular flexibility index (Phi) is 7.35. The summed E-state index contributed by atoms with van der Waals surface area (Å²) in [7, 11) is 0. The highest BCUT2D eigenvalue weighted by Crippen LogP contribution is 2.19. The largest absolute Gasteiger partial charge is 0.423 e. The number of thiocarbonyl (C=S) groups is 1. The van der Waals surface area contributed by atoms with Crippen LogP contribution in [0.1, 0.15) is 15.9 Å². The van der Waals surface area contributed by atoms with Gasteiger partial charge in [-0.25, -0.2) is 4.79 Å². The van der Waals surface area contributed by atoms with Crippen molar-refractivity contribution in [3.05, 3.63) is 93.4 Å². The summed E-state index contributed by atoms with van der Waals surface area (Å²) in [6.07, 6.45) is 1.60. The monoisotopic (exact) mass is 487 g/mol. The van der Waals surface area contributed by atoms with Gasteiger partial charge < -0.3 is 10.1 Å². The summed E-state index contributed by atoms with van der Waals surface area (Å²) in [5.41, 5.74) is 4.77. The van der Waals surface area contributed by atoms with Crippen molar-refractivity contribution < 1.29 is 9.53 Å². The Bertz CT molecular complexity index is 1060. The number of anilines is 1. The molecule has 8 heteroatoms. The summed E-state index contributed by atoms with van der Waals surface area (Å²) in [6.45, 7) is 0. The number of carbonyl (C=O) groups is 1. The van der Waals surface area contributed by atoms with E-state index in [4.69, 9.17) is 28.6 Å². The van der Waals surface area contributed by atoms with Crippen molar-refractivity contribution >= 4 is 62.7 Å². The van der Waals surface area contributed by atoms with Crippen LogP contribution in [-0.4, -0.2) is 17.3 Å². The Balaban J connectivity index is 1.53. The molecule has 0 aliphatic rings. The summed E-state index contributed by atoms with van der Waals surface area (Å²) < 4.78 is 6.07. The van der Waals surface area contributed by atoms with Gasteiger partial charge in [0.25, 0.3) is 0 Å². The molecule has 0 radical (unpaired) electrons. The first kappa shape index (κ1) is 21.0. The fraction of sp³-hybridized carbons (Fsp3) is 0. The van der Waals surface area contributed by atoms with E-state index >= 15 is 0 Å². The van der Waals surface area contributed by atoms with Gasteiger partial charge in [0.2, 0.25) is 0 Å². The quantitative estimate of drug-likeness (QED) is 0.160. The molecule has 2 N–H and O–H groups in total. The number of hydrazone groups is 1. The van der Waals surface area contributed by atoms with Crippen molar-refractivity contribution in [2.24, 2.45) is 5.10 Å². The molecular weight excluding hydrogens is 474 g/mol. The van der Waals surface area contributed by atoms with Crippen molar-refractivity contribution in [2.75, 3.05) is 5.32 Å². The van der Waals surface area contributed by atoms with Gasteiger partial charge in [0.05, 0.1) is 11.8 Å². The second kappa shape index (κ2) is 10.2. The summed E-state index contributed by atoms with van der Waals surface area (Å²) in [5.74, 6) is 0.00648. The Hall–Kier alpha value is -2.74. The van der Waals surface area contributed by atoms with Gasteiger partial charge in [-0.3, -0.25) is 5.43 Å². The Morgan fingerprint density at radius 2 is 1.83 bits per heavy atom. The maximum atomic E-state index is 12.2. The minimum atomic E-state index is -0.432. The first-order valence-electron chi connectivity index (χ1n) is 8.44. The van der Waals surface area contributed by atoms with Gasteiger partial charge in [0, 0.05) is 15.2 Å². The molecule has 0 unspecified atom stereocenters. The van der Waals surface area contributed by atoms with Crippen LogP contribution in [0.2, 0.25) is 5.02 Å². The summed E-state index contributed by atoms with van der Waals surface area (Å²) in [6, 6.07) is 21.2. The maximum absolute atomic E-state index is 12.2. The van der Waals surface area contributed by atoms with E-state index in [1.165, 1.54) is 0 Å². The summed E-state index contributed by atoms with van der Waals surface area (Å²) in [4.78, 5) is 12.2. The van der Waals surface area contributed by atoms with Gasteiger partial charge in [0.15, 0.2) is 5.11 Å². The van der Waals surface area contributed by atoms with Gasteiger partial charge in [-0.1, -0.05) is 29.8 Å². The predicted molar refractivity (Wildman–Crippen MR) is 124 cm³/mol. The molecule has 0 aliphatic heterocycles. The molecule has 0 saturated carbocycles. The normalized spacial score (nSPS) is 10.6. The van der Waals surface area contributed by atoms with E-state index < -0.39 is 5.97 Å². The highest BCUT2D eigenvalue weighted by atomic mass is 79.9. The maximum Gasteiger partial charge on any atom is 0.344 e. The third-order valence-electron chi connectivity index (χ3n) is 3.65. The number of halogens is 2.